The zero-order chi connectivity index (χ0) is 23.2. The van der Waals surface area contributed by atoms with Crippen LogP contribution in [0, 0.1) is 12.1 Å². The van der Waals surface area contributed by atoms with Gasteiger partial charge in [0.15, 0.2) is 0 Å². The van der Waals surface area contributed by atoms with Crippen LogP contribution in [-0.2, 0) is 25.7 Å². The molecule has 0 saturated heterocycles. The molecule has 174 valence electrons. The van der Waals surface area contributed by atoms with Crippen LogP contribution in [0.15, 0.2) is 115 Å². The number of rotatable bonds is 4. The summed E-state index contributed by atoms with van der Waals surface area (Å²) in [5.74, 6) is 2.05. The van der Waals surface area contributed by atoms with E-state index in [1.807, 2.05) is 79.0 Å². The normalized spacial score (nSPS) is 13.9. The van der Waals surface area contributed by atoms with Crippen molar-refractivity contribution in [3.8, 4) is 17.3 Å². The Kier molecular flexibility index (Phi) is 5.74. The molecule has 0 amide bonds. The molecule has 7 rings (SSSR count). The standard InChI is InChI=1S/C29H18BN3O2.Pt/c1-2-12-27-25(11-1)26-15-14-24(19-28(26)33(27)29-13-3-5-16-31-29)35-23-10-7-8-21(18-23)30-32-17-6-4-9-22(32)20-34-30;/h1-17,20H;/q-2;+2. The molecule has 3 aromatic carbocycles. The number of benzene rings is 3. The average Bonchev–Trinajstić information content (AvgIpc) is 3.48. The molecule has 2 aliphatic rings. The SMILES string of the molecule is [Pt+2].[c-]1c(Oc2[c-]c3c(cc2)c2ccccc2n3-c2ccccn2)cccc1B1OC=C2C=CC=CN12. The van der Waals surface area contributed by atoms with Gasteiger partial charge in [-0.05, 0) is 41.9 Å². The van der Waals surface area contributed by atoms with Gasteiger partial charge in [-0.2, -0.15) is 18.2 Å². The summed E-state index contributed by atoms with van der Waals surface area (Å²) in [5.41, 5.74) is 3.89. The number of nitrogens with zero attached hydrogens (tertiary/aromatic N) is 3. The first kappa shape index (κ1) is 22.4. The van der Waals surface area contributed by atoms with Crippen molar-refractivity contribution in [1.82, 2.24) is 14.4 Å². The summed E-state index contributed by atoms with van der Waals surface area (Å²) in [4.78, 5) is 6.65. The van der Waals surface area contributed by atoms with Crippen LogP contribution in [0.1, 0.15) is 0 Å². The number of pyridine rings is 1. The van der Waals surface area contributed by atoms with Crippen LogP contribution in [0.4, 0.5) is 0 Å². The summed E-state index contributed by atoms with van der Waals surface area (Å²) < 4.78 is 14.3. The van der Waals surface area contributed by atoms with Gasteiger partial charge in [0.1, 0.15) is 5.82 Å². The maximum atomic E-state index is 6.24. The number of para-hydroxylation sites is 1. The summed E-state index contributed by atoms with van der Waals surface area (Å²) in [6, 6.07) is 30.9. The molecule has 0 aliphatic carbocycles. The van der Waals surface area contributed by atoms with Gasteiger partial charge >= 0.3 is 28.1 Å². The summed E-state index contributed by atoms with van der Waals surface area (Å²) in [6.45, 7) is 0. The van der Waals surface area contributed by atoms with Gasteiger partial charge in [0.2, 0.25) is 0 Å². The van der Waals surface area contributed by atoms with Crippen LogP contribution in [0.5, 0.6) is 11.5 Å². The Bertz CT molecular complexity index is 1680. The molecule has 0 unspecified atom stereocenters. The van der Waals surface area contributed by atoms with Crippen molar-refractivity contribution < 1.29 is 30.5 Å². The number of fused-ring (bicyclic) bond motifs is 4. The first-order chi connectivity index (χ1) is 17.3. The molecule has 36 heavy (non-hydrogen) atoms. The van der Waals surface area contributed by atoms with Gasteiger partial charge < -0.3 is 18.8 Å². The minimum Gasteiger partial charge on any atom is -0.543 e. The van der Waals surface area contributed by atoms with Gasteiger partial charge in [0.25, 0.3) is 0 Å². The Morgan fingerprint density at radius 3 is 2.64 bits per heavy atom. The van der Waals surface area contributed by atoms with E-state index in [0.29, 0.717) is 11.5 Å². The third kappa shape index (κ3) is 3.75. The quantitative estimate of drug-likeness (QED) is 0.191. The van der Waals surface area contributed by atoms with Crippen molar-refractivity contribution in [3.05, 3.63) is 128 Å². The monoisotopic (exact) mass is 646 g/mol. The summed E-state index contributed by atoms with van der Waals surface area (Å²) in [7, 11) is -0.270. The summed E-state index contributed by atoms with van der Waals surface area (Å²) in [6.07, 6.45) is 11.6. The van der Waals surface area contributed by atoms with E-state index in [4.69, 9.17) is 9.39 Å². The third-order valence-electron chi connectivity index (χ3n) is 6.21. The zero-order valence-corrected chi connectivity index (χ0v) is 21.2. The van der Waals surface area contributed by atoms with E-state index in [1.165, 1.54) is 0 Å². The predicted octanol–water partition coefficient (Wildman–Crippen LogP) is 5.52. The van der Waals surface area contributed by atoms with Crippen molar-refractivity contribution in [2.75, 3.05) is 0 Å². The Hall–Kier alpha value is -4.02. The van der Waals surface area contributed by atoms with Gasteiger partial charge in [-0.15, -0.1) is 35.1 Å². The molecule has 5 aromatic rings. The molecule has 0 radical (unpaired) electrons. The number of aromatic nitrogens is 2. The third-order valence-corrected chi connectivity index (χ3v) is 6.21. The number of ether oxygens (including phenoxy) is 1. The molecule has 0 atom stereocenters. The maximum absolute atomic E-state index is 6.24. The van der Waals surface area contributed by atoms with Crippen molar-refractivity contribution >= 4 is 34.3 Å². The number of hydrogen-bond donors (Lipinski definition) is 0. The maximum Gasteiger partial charge on any atom is 2.00 e. The number of hydrogen-bond acceptors (Lipinski definition) is 4. The fourth-order valence-corrected chi connectivity index (χ4v) is 4.65. The largest absolute Gasteiger partial charge is 2.00 e. The summed E-state index contributed by atoms with van der Waals surface area (Å²) in [5, 5.41) is 2.24. The first-order valence-corrected chi connectivity index (χ1v) is 11.4. The minimum atomic E-state index is -0.270. The molecule has 2 aromatic heterocycles. The van der Waals surface area contributed by atoms with E-state index in [2.05, 4.69) is 44.7 Å². The molecular weight excluding hydrogens is 628 g/mol. The van der Waals surface area contributed by atoms with E-state index in [1.54, 1.807) is 12.5 Å². The first-order valence-electron chi connectivity index (χ1n) is 11.4. The molecule has 0 bridgehead atoms. The van der Waals surface area contributed by atoms with E-state index in [9.17, 15) is 0 Å². The van der Waals surface area contributed by atoms with E-state index >= 15 is 0 Å². The molecule has 5 nitrogen and oxygen atoms in total. The molecule has 0 spiro atoms. The Labute approximate surface area is 223 Å². The van der Waals surface area contributed by atoms with Crippen LogP contribution >= 0.6 is 0 Å². The van der Waals surface area contributed by atoms with Gasteiger partial charge in [-0.25, -0.2) is 4.98 Å². The fourth-order valence-electron chi connectivity index (χ4n) is 4.65. The van der Waals surface area contributed by atoms with Crippen LogP contribution < -0.4 is 10.2 Å². The number of allylic oxidation sites excluding steroid dienone is 3. The second-order valence-electron chi connectivity index (χ2n) is 8.34. The molecule has 7 heteroatoms. The topological polar surface area (TPSA) is 39.5 Å². The van der Waals surface area contributed by atoms with Crippen molar-refractivity contribution in [2.24, 2.45) is 0 Å². The Morgan fingerprint density at radius 1 is 0.833 bits per heavy atom. The van der Waals surface area contributed by atoms with Crippen molar-refractivity contribution in [1.29, 1.82) is 0 Å². The smallest absolute Gasteiger partial charge is 0.543 e. The van der Waals surface area contributed by atoms with Gasteiger partial charge in [-0.3, -0.25) is 0 Å². The molecule has 0 saturated carbocycles. The summed E-state index contributed by atoms with van der Waals surface area (Å²) >= 11 is 0. The predicted molar refractivity (Wildman–Crippen MR) is 137 cm³/mol. The van der Waals surface area contributed by atoms with Gasteiger partial charge in [-0.1, -0.05) is 35.9 Å². The van der Waals surface area contributed by atoms with E-state index < -0.39 is 0 Å². The van der Waals surface area contributed by atoms with E-state index in [-0.39, 0.29) is 28.1 Å². The van der Waals surface area contributed by atoms with Crippen LogP contribution in [0.2, 0.25) is 0 Å². The van der Waals surface area contributed by atoms with Gasteiger partial charge in [0.05, 0.1) is 12.0 Å². The molecule has 0 fully saturated rings. The Balaban J connectivity index is 0.00000240. The average molecular weight is 646 g/mol. The molecule has 4 heterocycles. The molecule has 2 aliphatic heterocycles. The minimum absolute atomic E-state index is 0. The Morgan fingerprint density at radius 2 is 1.72 bits per heavy atom. The van der Waals surface area contributed by atoms with E-state index in [0.717, 1.165) is 38.8 Å². The van der Waals surface area contributed by atoms with Crippen LogP contribution in [0.25, 0.3) is 27.6 Å². The van der Waals surface area contributed by atoms with Crippen molar-refractivity contribution in [3.63, 3.8) is 0 Å². The van der Waals surface area contributed by atoms with Crippen LogP contribution in [-0.4, -0.2) is 21.4 Å². The molecule has 0 N–H and O–H groups in total. The van der Waals surface area contributed by atoms with Crippen LogP contribution in [0.3, 0.4) is 0 Å². The molecular formula is C29H18BN3O2Pt. The second-order valence-corrected chi connectivity index (χ2v) is 8.34. The second kappa shape index (κ2) is 9.21. The fraction of sp³-hybridized carbons (Fsp3) is 0. The van der Waals surface area contributed by atoms with Crippen molar-refractivity contribution in [2.45, 2.75) is 0 Å². The zero-order valence-electron chi connectivity index (χ0n) is 18.9. The van der Waals surface area contributed by atoms with Gasteiger partial charge in [0, 0.05) is 23.2 Å².